The van der Waals surface area contributed by atoms with Crippen LogP contribution in [-0.4, -0.2) is 190 Å². The van der Waals surface area contributed by atoms with Gasteiger partial charge in [0, 0.05) is 54.2 Å². The SMILES string of the molecule is CC(C)CC1C(=O)N(C)C(CC(C)C)C(=O)N[C@H](C(=O)N2CCCCC2)CC(=O)N(C)[C@@H](CC(C)C)C(=O)N[C@H]([C@@H](C)O)C(=O)N2CCC[C@H]2C(=O)N(C)[C@@H](C)C(=O)NC(Cc2ccc(C(F)(F)F)cc2)C(=O)N1C. The molecule has 0 radical (unpaired) electrons. The van der Waals surface area contributed by atoms with Crippen molar-refractivity contribution in [2.24, 2.45) is 17.8 Å². The number of hydrogen-bond acceptors (Lipinski definition) is 10. The number of hydrogen-bond donors (Lipinski definition) is 4. The topological polar surface area (TPSA) is 229 Å². The second-order valence-corrected chi connectivity index (χ2v) is 22.0. The molecule has 420 valence electrons. The molecule has 9 amide bonds. The van der Waals surface area contributed by atoms with Crippen molar-refractivity contribution in [3.63, 3.8) is 0 Å². The van der Waals surface area contributed by atoms with Gasteiger partial charge in [0.25, 0.3) is 0 Å². The number of likely N-dealkylation sites (tertiary alicyclic amines) is 1. The van der Waals surface area contributed by atoms with Crippen molar-refractivity contribution in [3.8, 4) is 0 Å². The number of benzene rings is 1. The molecular formula is C53H82F3N9O10. The van der Waals surface area contributed by atoms with E-state index in [-0.39, 0.29) is 62.0 Å². The van der Waals surface area contributed by atoms with Crippen LogP contribution in [0.25, 0.3) is 0 Å². The van der Waals surface area contributed by atoms with Gasteiger partial charge in [0.05, 0.1) is 18.1 Å². The lowest BCUT2D eigenvalue weighted by atomic mass is 9.96. The van der Waals surface area contributed by atoms with Gasteiger partial charge in [0.1, 0.15) is 48.3 Å². The summed E-state index contributed by atoms with van der Waals surface area (Å²) in [6.07, 6.45) is -4.12. The van der Waals surface area contributed by atoms with Crippen molar-refractivity contribution in [2.75, 3.05) is 47.8 Å². The second-order valence-electron chi connectivity index (χ2n) is 22.0. The molecule has 75 heavy (non-hydrogen) atoms. The highest BCUT2D eigenvalue weighted by Gasteiger charge is 2.45. The lowest BCUT2D eigenvalue weighted by molar-refractivity contribution is -0.151. The zero-order valence-corrected chi connectivity index (χ0v) is 45.9. The quantitative estimate of drug-likeness (QED) is 0.268. The molecule has 9 atom stereocenters. The normalized spacial score (nSPS) is 26.9. The Kier molecular flexibility index (Phi) is 22.1. The molecule has 3 aliphatic heterocycles. The summed E-state index contributed by atoms with van der Waals surface area (Å²) >= 11 is 0. The van der Waals surface area contributed by atoms with Crippen LogP contribution in [0.2, 0.25) is 0 Å². The number of alkyl halides is 3. The number of carbonyl (C=O) groups is 9. The Morgan fingerprint density at radius 3 is 1.68 bits per heavy atom. The van der Waals surface area contributed by atoms with Crippen molar-refractivity contribution >= 4 is 53.2 Å². The smallest absolute Gasteiger partial charge is 0.391 e. The van der Waals surface area contributed by atoms with Gasteiger partial charge < -0.3 is 50.5 Å². The lowest BCUT2D eigenvalue weighted by Gasteiger charge is -2.38. The molecule has 3 fully saturated rings. The van der Waals surface area contributed by atoms with Crippen LogP contribution in [0.4, 0.5) is 13.2 Å². The summed E-state index contributed by atoms with van der Waals surface area (Å²) in [4.78, 5) is 138. The first-order chi connectivity index (χ1) is 35.0. The molecule has 1 aromatic carbocycles. The van der Waals surface area contributed by atoms with Crippen LogP contribution >= 0.6 is 0 Å². The van der Waals surface area contributed by atoms with E-state index in [0.29, 0.717) is 32.4 Å². The minimum Gasteiger partial charge on any atom is -0.391 e. The standard InChI is InChI=1S/C53H82F3N9O10/c1-30(2)25-40-47(70)59-44(34(8)66)52(75)65-24-16-17-39(65)50(73)60(9)33(7)45(68)57-37(28-35-18-20-36(21-19-35)53(54,55)56)48(71)63(12)42(27-32(5)6)51(74)62(11)41(26-31(3)4)46(69)58-38(29-43(67)61(40)10)49(72)64-22-14-13-15-23-64/h18-21,30-34,37-42,44,66H,13-17,22-29H2,1-12H3,(H,57,68)(H,58,69)(H,59,70)/t33-,34+,37?,38-,39-,40-,41?,42?,44+/m0/s1. The number of nitrogens with zero attached hydrogens (tertiary/aromatic N) is 6. The molecular weight excluding hydrogens is 980 g/mol. The summed E-state index contributed by atoms with van der Waals surface area (Å²) < 4.78 is 40.9. The highest BCUT2D eigenvalue weighted by molar-refractivity contribution is 5.99. The second kappa shape index (κ2) is 26.8. The molecule has 0 spiro atoms. The first-order valence-corrected chi connectivity index (χ1v) is 26.4. The summed E-state index contributed by atoms with van der Waals surface area (Å²) in [5.41, 5.74) is -0.720. The molecule has 19 nitrogen and oxygen atoms in total. The lowest BCUT2D eigenvalue weighted by Crippen LogP contribution is -2.61. The number of nitrogens with one attached hydrogen (secondary N) is 3. The van der Waals surface area contributed by atoms with Gasteiger partial charge in [0.2, 0.25) is 53.2 Å². The highest BCUT2D eigenvalue weighted by atomic mass is 19.4. The third kappa shape index (κ3) is 16.1. The first-order valence-electron chi connectivity index (χ1n) is 26.4. The van der Waals surface area contributed by atoms with Gasteiger partial charge in [-0.2, -0.15) is 13.2 Å². The minimum atomic E-state index is -4.66. The molecule has 3 heterocycles. The van der Waals surface area contributed by atoms with Crippen molar-refractivity contribution in [1.82, 2.24) is 45.3 Å². The Labute approximate surface area is 440 Å². The van der Waals surface area contributed by atoms with Crippen molar-refractivity contribution in [1.29, 1.82) is 0 Å². The van der Waals surface area contributed by atoms with Gasteiger partial charge in [-0.05, 0) is 101 Å². The average molecular weight is 1060 g/mol. The van der Waals surface area contributed by atoms with E-state index < -0.39 is 126 Å². The zero-order chi connectivity index (χ0) is 56.4. The first kappa shape index (κ1) is 61.7. The molecule has 3 saturated heterocycles. The number of aliphatic hydroxyl groups is 1. The number of rotatable bonds is 10. The van der Waals surface area contributed by atoms with E-state index in [4.69, 9.17) is 0 Å². The predicted octanol–water partition coefficient (Wildman–Crippen LogP) is 2.96. The van der Waals surface area contributed by atoms with Crippen molar-refractivity contribution in [3.05, 3.63) is 35.4 Å². The Hall–Kier alpha value is -5.80. The third-order valence-corrected chi connectivity index (χ3v) is 14.6. The Bertz CT molecular complexity index is 2200. The predicted molar refractivity (Wildman–Crippen MR) is 273 cm³/mol. The van der Waals surface area contributed by atoms with Gasteiger partial charge in [-0.1, -0.05) is 53.7 Å². The summed E-state index contributed by atoms with van der Waals surface area (Å²) in [7, 11) is 5.46. The fourth-order valence-electron chi connectivity index (χ4n) is 9.99. The summed E-state index contributed by atoms with van der Waals surface area (Å²) in [6.45, 7) is 14.4. The van der Waals surface area contributed by atoms with Gasteiger partial charge in [0.15, 0.2) is 0 Å². The molecule has 22 heteroatoms. The fraction of sp³-hybridized carbons (Fsp3) is 0.717. The van der Waals surface area contributed by atoms with Gasteiger partial charge >= 0.3 is 6.18 Å². The number of halogens is 3. The summed E-state index contributed by atoms with van der Waals surface area (Å²) in [5.74, 6) is -7.22. The maximum Gasteiger partial charge on any atom is 0.416 e. The molecule has 1 aromatic rings. The van der Waals surface area contributed by atoms with E-state index in [9.17, 15) is 61.4 Å². The van der Waals surface area contributed by atoms with Crippen LogP contribution in [0.15, 0.2) is 24.3 Å². The molecule has 3 unspecified atom stereocenters. The minimum absolute atomic E-state index is 0.0498. The highest BCUT2D eigenvalue weighted by Crippen LogP contribution is 2.30. The monoisotopic (exact) mass is 1060 g/mol. The van der Waals surface area contributed by atoms with E-state index >= 15 is 0 Å². The number of aliphatic hydroxyl groups excluding tert-OH is 1. The van der Waals surface area contributed by atoms with Gasteiger partial charge in [-0.25, -0.2) is 0 Å². The number of fused-ring (bicyclic) bond motifs is 1. The van der Waals surface area contributed by atoms with Gasteiger partial charge in [-0.15, -0.1) is 0 Å². The van der Waals surface area contributed by atoms with Crippen LogP contribution in [-0.2, 0) is 55.7 Å². The number of amides is 9. The Morgan fingerprint density at radius 2 is 1.15 bits per heavy atom. The van der Waals surface area contributed by atoms with E-state index in [1.807, 2.05) is 41.5 Å². The molecule has 0 bridgehead atoms. The number of carbonyl (C=O) groups excluding carboxylic acids is 9. The van der Waals surface area contributed by atoms with Crippen LogP contribution < -0.4 is 16.0 Å². The third-order valence-electron chi connectivity index (χ3n) is 14.6. The molecule has 4 N–H and O–H groups in total. The van der Waals surface area contributed by atoms with E-state index in [1.54, 1.807) is 4.90 Å². The Morgan fingerprint density at radius 1 is 0.627 bits per heavy atom. The van der Waals surface area contributed by atoms with E-state index in [1.165, 1.54) is 64.0 Å². The van der Waals surface area contributed by atoms with Gasteiger partial charge in [-0.3, -0.25) is 43.2 Å². The molecule has 4 rings (SSSR count). The van der Waals surface area contributed by atoms with Crippen molar-refractivity contribution in [2.45, 2.75) is 180 Å². The summed E-state index contributed by atoms with van der Waals surface area (Å²) in [5, 5.41) is 19.2. The van der Waals surface area contributed by atoms with Crippen LogP contribution in [0.3, 0.4) is 0 Å². The van der Waals surface area contributed by atoms with Crippen LogP contribution in [0.5, 0.6) is 0 Å². The van der Waals surface area contributed by atoms with Crippen molar-refractivity contribution < 1.29 is 61.4 Å². The average Bonchev–Trinajstić information content (AvgIpc) is 3.85. The molecule has 0 saturated carbocycles. The molecule has 0 aliphatic carbocycles. The van der Waals surface area contributed by atoms with Crippen LogP contribution in [0, 0.1) is 17.8 Å². The summed E-state index contributed by atoms with van der Waals surface area (Å²) in [6, 6.07) is -6.76. The van der Waals surface area contributed by atoms with E-state index in [0.717, 1.165) is 33.3 Å². The van der Waals surface area contributed by atoms with E-state index in [2.05, 4.69) is 16.0 Å². The van der Waals surface area contributed by atoms with Crippen LogP contribution in [0.1, 0.15) is 124 Å². The number of likely N-dealkylation sites (N-methyl/N-ethyl adjacent to an activating group) is 4. The Balaban J connectivity index is 1.90. The fourth-order valence-corrected chi connectivity index (χ4v) is 9.99. The molecule has 0 aromatic heterocycles. The maximum absolute atomic E-state index is 15.0. The number of piperidine rings is 1. The molecule has 3 aliphatic rings. The zero-order valence-electron chi connectivity index (χ0n) is 45.9. The largest absolute Gasteiger partial charge is 0.416 e. The maximum atomic E-state index is 15.0.